The van der Waals surface area contributed by atoms with Crippen molar-refractivity contribution in [3.8, 4) is 0 Å². The Balaban J connectivity index is 1.48. The summed E-state index contributed by atoms with van der Waals surface area (Å²) in [6.07, 6.45) is 0.478. The molecule has 0 radical (unpaired) electrons. The molecule has 1 fully saturated rings. The molecule has 0 spiro atoms. The van der Waals surface area contributed by atoms with E-state index in [1.165, 1.54) is 17.8 Å². The van der Waals surface area contributed by atoms with Gasteiger partial charge in [-0.25, -0.2) is 9.59 Å². The summed E-state index contributed by atoms with van der Waals surface area (Å²) in [4.78, 5) is 24.0. The van der Waals surface area contributed by atoms with E-state index in [9.17, 15) is 19.8 Å². The van der Waals surface area contributed by atoms with Crippen molar-refractivity contribution in [1.82, 2.24) is 5.32 Å². The van der Waals surface area contributed by atoms with Crippen LogP contribution in [0.5, 0.6) is 0 Å². The molecular weight excluding hydrogens is 518 g/mol. The van der Waals surface area contributed by atoms with E-state index in [2.05, 4.69) is 11.9 Å². The molecule has 9 heteroatoms. The Hall–Kier alpha value is -3.63. The van der Waals surface area contributed by atoms with E-state index < -0.39 is 18.4 Å². The standard InChI is InChI=1S/C30H31NO7S/c1-2-15-36-30(35)31-17-20-7-13-23(14-8-20)29-37-24(19-39-27-6-4-3-5-25(27)28(33)34)16-26(38-29)22-11-9-21(18-32)10-12-22/h2-14,24,26,29,32H,1,15-19H2,(H,31,35)(H,33,34). The molecule has 3 unspecified atom stereocenters. The lowest BCUT2D eigenvalue weighted by Crippen LogP contribution is -2.31. The van der Waals surface area contributed by atoms with Crippen molar-refractivity contribution in [2.75, 3.05) is 12.4 Å². The molecule has 3 aromatic carbocycles. The Labute approximate surface area is 231 Å². The van der Waals surface area contributed by atoms with Gasteiger partial charge in [0.25, 0.3) is 0 Å². The maximum atomic E-state index is 11.7. The lowest BCUT2D eigenvalue weighted by molar-refractivity contribution is -0.245. The van der Waals surface area contributed by atoms with E-state index in [0.29, 0.717) is 23.6 Å². The van der Waals surface area contributed by atoms with Crippen LogP contribution >= 0.6 is 11.8 Å². The van der Waals surface area contributed by atoms with Gasteiger partial charge in [-0.3, -0.25) is 0 Å². The van der Waals surface area contributed by atoms with Gasteiger partial charge in [0.05, 0.1) is 24.4 Å². The second-order valence-corrected chi connectivity index (χ2v) is 10.0. The normalized spacial score (nSPS) is 18.7. The molecule has 1 aliphatic rings. The lowest BCUT2D eigenvalue weighted by Gasteiger charge is -2.36. The Morgan fingerprint density at radius 1 is 1.00 bits per heavy atom. The van der Waals surface area contributed by atoms with E-state index in [4.69, 9.17) is 14.2 Å². The second-order valence-electron chi connectivity index (χ2n) is 8.94. The average Bonchev–Trinajstić information content (AvgIpc) is 2.98. The highest BCUT2D eigenvalue weighted by molar-refractivity contribution is 7.99. The van der Waals surface area contributed by atoms with Gasteiger partial charge in [0.1, 0.15) is 6.61 Å². The van der Waals surface area contributed by atoms with Crippen molar-refractivity contribution in [1.29, 1.82) is 0 Å². The maximum Gasteiger partial charge on any atom is 0.407 e. The highest BCUT2D eigenvalue weighted by atomic mass is 32.2. The van der Waals surface area contributed by atoms with Gasteiger partial charge in [-0.15, -0.1) is 11.8 Å². The number of aliphatic hydroxyl groups excluding tert-OH is 1. The van der Waals surface area contributed by atoms with Crippen LogP contribution in [0.3, 0.4) is 0 Å². The van der Waals surface area contributed by atoms with Gasteiger partial charge in [0, 0.05) is 29.2 Å². The minimum atomic E-state index is -0.964. The molecule has 39 heavy (non-hydrogen) atoms. The molecule has 1 heterocycles. The van der Waals surface area contributed by atoms with Crippen LogP contribution in [-0.2, 0) is 27.4 Å². The van der Waals surface area contributed by atoms with E-state index in [1.807, 2.05) is 54.6 Å². The first-order valence-corrected chi connectivity index (χ1v) is 13.5. The lowest BCUT2D eigenvalue weighted by atomic mass is 10.0. The molecule has 4 rings (SSSR count). The van der Waals surface area contributed by atoms with Crippen LogP contribution in [0.25, 0.3) is 0 Å². The number of aromatic carboxylic acids is 1. The zero-order chi connectivity index (χ0) is 27.6. The number of aliphatic hydroxyl groups is 1. The highest BCUT2D eigenvalue weighted by Gasteiger charge is 2.32. The first kappa shape index (κ1) is 28.4. The number of amides is 1. The smallest absolute Gasteiger partial charge is 0.407 e. The average molecular weight is 550 g/mol. The van der Waals surface area contributed by atoms with Gasteiger partial charge in [-0.05, 0) is 28.8 Å². The van der Waals surface area contributed by atoms with Gasteiger partial charge in [-0.2, -0.15) is 0 Å². The number of alkyl carbamates (subject to hydrolysis) is 1. The molecule has 204 valence electrons. The monoisotopic (exact) mass is 549 g/mol. The van der Waals surface area contributed by atoms with E-state index in [1.54, 1.807) is 18.2 Å². The summed E-state index contributed by atoms with van der Waals surface area (Å²) in [5.74, 6) is -0.418. The van der Waals surface area contributed by atoms with E-state index in [0.717, 1.165) is 22.3 Å². The molecule has 3 atom stereocenters. The molecule has 0 aromatic heterocycles. The first-order valence-electron chi connectivity index (χ1n) is 12.5. The van der Waals surface area contributed by atoms with Crippen molar-refractivity contribution in [3.63, 3.8) is 0 Å². The van der Waals surface area contributed by atoms with Gasteiger partial charge in [0.2, 0.25) is 0 Å². The fourth-order valence-electron chi connectivity index (χ4n) is 4.13. The largest absolute Gasteiger partial charge is 0.478 e. The molecular formula is C30H31NO7S. The van der Waals surface area contributed by atoms with Crippen LogP contribution < -0.4 is 5.32 Å². The van der Waals surface area contributed by atoms with Crippen LogP contribution in [0.15, 0.2) is 90.3 Å². The third-order valence-corrected chi connectivity index (χ3v) is 7.38. The summed E-state index contributed by atoms with van der Waals surface area (Å²) in [7, 11) is 0. The number of hydrogen-bond donors (Lipinski definition) is 3. The maximum absolute atomic E-state index is 11.7. The molecule has 3 aromatic rings. The Kier molecular flexibility index (Phi) is 10.2. The number of carbonyl (C=O) groups excluding carboxylic acids is 1. The minimum absolute atomic E-state index is 0.0347. The Morgan fingerprint density at radius 3 is 2.38 bits per heavy atom. The molecule has 1 amide bonds. The van der Waals surface area contributed by atoms with E-state index in [-0.39, 0.29) is 31.0 Å². The van der Waals surface area contributed by atoms with Gasteiger partial charge in [-0.1, -0.05) is 73.3 Å². The minimum Gasteiger partial charge on any atom is -0.478 e. The third-order valence-electron chi connectivity index (χ3n) is 6.18. The van der Waals surface area contributed by atoms with Gasteiger partial charge >= 0.3 is 12.1 Å². The van der Waals surface area contributed by atoms with Crippen molar-refractivity contribution < 1.29 is 34.0 Å². The first-order chi connectivity index (χ1) is 19.0. The summed E-state index contributed by atoms with van der Waals surface area (Å²) in [6, 6.07) is 22.2. The number of carbonyl (C=O) groups is 2. The number of carboxylic acid groups (broad SMARTS) is 1. The van der Waals surface area contributed by atoms with Crippen molar-refractivity contribution in [3.05, 3.63) is 113 Å². The third kappa shape index (κ3) is 7.93. The summed E-state index contributed by atoms with van der Waals surface area (Å²) >= 11 is 1.45. The van der Waals surface area contributed by atoms with Crippen LogP contribution in [-0.4, -0.2) is 40.7 Å². The zero-order valence-electron chi connectivity index (χ0n) is 21.3. The molecule has 0 bridgehead atoms. The molecule has 0 aliphatic carbocycles. The van der Waals surface area contributed by atoms with Crippen molar-refractivity contribution in [2.24, 2.45) is 0 Å². The number of ether oxygens (including phenoxy) is 3. The molecule has 3 N–H and O–H groups in total. The summed E-state index contributed by atoms with van der Waals surface area (Å²) < 4.78 is 17.6. The van der Waals surface area contributed by atoms with Crippen LogP contribution in [0.2, 0.25) is 0 Å². The Morgan fingerprint density at radius 2 is 1.69 bits per heavy atom. The molecule has 1 saturated heterocycles. The quantitative estimate of drug-likeness (QED) is 0.208. The summed E-state index contributed by atoms with van der Waals surface area (Å²) in [5, 5.41) is 21.6. The molecule has 0 saturated carbocycles. The number of thioether (sulfide) groups is 1. The van der Waals surface area contributed by atoms with Crippen molar-refractivity contribution >= 4 is 23.8 Å². The highest BCUT2D eigenvalue weighted by Crippen LogP contribution is 2.39. The summed E-state index contributed by atoms with van der Waals surface area (Å²) in [6.45, 7) is 3.94. The molecule has 8 nitrogen and oxygen atoms in total. The number of rotatable bonds is 11. The predicted molar refractivity (Wildman–Crippen MR) is 147 cm³/mol. The summed E-state index contributed by atoms with van der Waals surface area (Å²) in [5.41, 5.74) is 3.77. The topological polar surface area (TPSA) is 114 Å². The van der Waals surface area contributed by atoms with Gasteiger partial charge < -0.3 is 29.7 Å². The SMILES string of the molecule is C=CCOC(=O)NCc1ccc(C2OC(CSc3ccccc3C(=O)O)CC(c3ccc(CO)cc3)O2)cc1. The Bertz CT molecular complexity index is 1260. The number of benzene rings is 3. The van der Waals surface area contributed by atoms with Crippen molar-refractivity contribution in [2.45, 2.75) is 43.0 Å². The van der Waals surface area contributed by atoms with Gasteiger partial charge in [0.15, 0.2) is 6.29 Å². The predicted octanol–water partition coefficient (Wildman–Crippen LogP) is 5.63. The van der Waals surface area contributed by atoms with Crippen LogP contribution in [0, 0.1) is 0 Å². The number of nitrogens with one attached hydrogen (secondary N) is 1. The fraction of sp³-hybridized carbons (Fsp3) is 0.267. The van der Waals surface area contributed by atoms with Crippen LogP contribution in [0.1, 0.15) is 51.4 Å². The molecule has 1 aliphatic heterocycles. The fourth-order valence-corrected chi connectivity index (χ4v) is 5.19. The second kappa shape index (κ2) is 14.0. The number of carboxylic acids is 1. The number of hydrogen-bond acceptors (Lipinski definition) is 7. The van der Waals surface area contributed by atoms with E-state index >= 15 is 0 Å². The zero-order valence-corrected chi connectivity index (χ0v) is 22.1. The van der Waals surface area contributed by atoms with Crippen LogP contribution in [0.4, 0.5) is 4.79 Å².